The highest BCUT2D eigenvalue weighted by Gasteiger charge is 2.43. The van der Waals surface area contributed by atoms with E-state index in [4.69, 9.17) is 4.74 Å². The number of allylic oxidation sites excluding steroid dienone is 1. The highest BCUT2D eigenvalue weighted by molar-refractivity contribution is 7.99. The summed E-state index contributed by atoms with van der Waals surface area (Å²) in [6, 6.07) is 10.5. The molecule has 2 aromatic heterocycles. The van der Waals surface area contributed by atoms with E-state index in [1.165, 1.54) is 33.5 Å². The van der Waals surface area contributed by atoms with E-state index in [2.05, 4.69) is 57.8 Å². The Hall–Kier alpha value is -2.91. The summed E-state index contributed by atoms with van der Waals surface area (Å²) in [4.78, 5) is 26.9. The number of fused-ring (bicyclic) bond motifs is 1. The van der Waals surface area contributed by atoms with Crippen LogP contribution in [0.4, 0.5) is 5.00 Å². The summed E-state index contributed by atoms with van der Waals surface area (Å²) in [6.45, 7) is 8.81. The predicted octanol–water partition coefficient (Wildman–Crippen LogP) is 5.83. The van der Waals surface area contributed by atoms with Crippen molar-refractivity contribution in [1.82, 2.24) is 14.8 Å². The number of rotatable bonds is 10. The molecule has 0 radical (unpaired) electrons. The fraction of sp³-hybridized carbons (Fsp3) is 0.429. The van der Waals surface area contributed by atoms with E-state index in [9.17, 15) is 9.59 Å². The third-order valence-electron chi connectivity index (χ3n) is 6.98. The maximum absolute atomic E-state index is 13.0. The van der Waals surface area contributed by atoms with Crippen LogP contribution >= 0.6 is 23.1 Å². The first kappa shape index (κ1) is 25.7. The Labute approximate surface area is 225 Å². The standard InChI is InChI=1S/C28H32N4O3S2/c1-4-13-32-25(21-15-20(21)18-9-7-6-8-10-18)30-31-28(32)36-16-23(33)29-26-24(27(34)35-5-2)19-12-11-17(3)14-22(19)37-26/h4,6-10,17,20-21H,1,5,11-16H2,2-3H3,(H,29,33). The highest BCUT2D eigenvalue weighted by Crippen LogP contribution is 2.54. The number of nitrogens with one attached hydrogen (secondary N) is 1. The van der Waals surface area contributed by atoms with Crippen molar-refractivity contribution >= 4 is 40.0 Å². The van der Waals surface area contributed by atoms with E-state index >= 15 is 0 Å². The number of hydrogen-bond acceptors (Lipinski definition) is 7. The Morgan fingerprint density at radius 3 is 2.84 bits per heavy atom. The molecule has 3 unspecified atom stereocenters. The lowest BCUT2D eigenvalue weighted by Crippen LogP contribution is -2.18. The minimum atomic E-state index is -0.356. The molecule has 0 saturated heterocycles. The number of thioether (sulfide) groups is 1. The van der Waals surface area contributed by atoms with Gasteiger partial charge in [0.2, 0.25) is 5.91 Å². The second-order valence-corrected chi connectivity index (χ2v) is 11.8. The molecule has 7 nitrogen and oxygen atoms in total. The lowest BCUT2D eigenvalue weighted by atomic mass is 9.88. The molecule has 1 saturated carbocycles. The van der Waals surface area contributed by atoms with Crippen molar-refractivity contribution in [3.05, 3.63) is 70.4 Å². The molecule has 1 N–H and O–H groups in total. The topological polar surface area (TPSA) is 86.1 Å². The van der Waals surface area contributed by atoms with Gasteiger partial charge in [-0.15, -0.1) is 28.1 Å². The summed E-state index contributed by atoms with van der Waals surface area (Å²) < 4.78 is 7.39. The van der Waals surface area contributed by atoms with Gasteiger partial charge in [0.15, 0.2) is 5.16 Å². The largest absolute Gasteiger partial charge is 0.462 e. The van der Waals surface area contributed by atoms with Gasteiger partial charge in [0.1, 0.15) is 10.8 Å². The fourth-order valence-corrected chi connectivity index (χ4v) is 7.25. The maximum atomic E-state index is 13.0. The van der Waals surface area contributed by atoms with Crippen LogP contribution in [0.5, 0.6) is 0 Å². The Morgan fingerprint density at radius 2 is 2.08 bits per heavy atom. The third-order valence-corrected chi connectivity index (χ3v) is 9.12. The minimum absolute atomic E-state index is 0.170. The van der Waals surface area contributed by atoms with Crippen molar-refractivity contribution in [2.24, 2.45) is 5.92 Å². The molecule has 3 aromatic rings. The number of anilines is 1. The van der Waals surface area contributed by atoms with Crippen molar-refractivity contribution < 1.29 is 14.3 Å². The summed E-state index contributed by atoms with van der Waals surface area (Å²) in [5.74, 6) is 1.92. The molecule has 2 aliphatic carbocycles. The van der Waals surface area contributed by atoms with Gasteiger partial charge in [-0.05, 0) is 55.6 Å². The van der Waals surface area contributed by atoms with Crippen LogP contribution in [0.25, 0.3) is 0 Å². The van der Waals surface area contributed by atoms with Crippen LogP contribution in [0.15, 0.2) is 48.1 Å². The number of carbonyl (C=O) groups is 2. The van der Waals surface area contributed by atoms with E-state index in [-0.39, 0.29) is 17.6 Å². The molecular formula is C28H32N4O3S2. The number of ether oxygens (including phenoxy) is 1. The van der Waals surface area contributed by atoms with Crippen LogP contribution in [0.3, 0.4) is 0 Å². The van der Waals surface area contributed by atoms with Gasteiger partial charge in [-0.3, -0.25) is 4.79 Å². The zero-order chi connectivity index (χ0) is 25.9. The highest BCUT2D eigenvalue weighted by atomic mass is 32.2. The molecule has 5 rings (SSSR count). The van der Waals surface area contributed by atoms with E-state index < -0.39 is 0 Å². The molecule has 2 aliphatic rings. The Balaban J connectivity index is 1.28. The lowest BCUT2D eigenvalue weighted by Gasteiger charge is -2.18. The molecule has 1 amide bonds. The Morgan fingerprint density at radius 1 is 1.27 bits per heavy atom. The zero-order valence-electron chi connectivity index (χ0n) is 21.2. The number of hydrogen-bond donors (Lipinski definition) is 1. The van der Waals surface area contributed by atoms with Gasteiger partial charge in [-0.1, -0.05) is 55.1 Å². The van der Waals surface area contributed by atoms with Gasteiger partial charge >= 0.3 is 5.97 Å². The van der Waals surface area contributed by atoms with Crippen LogP contribution in [0.2, 0.25) is 0 Å². The van der Waals surface area contributed by atoms with Crippen molar-refractivity contribution in [2.45, 2.75) is 63.1 Å². The number of carbonyl (C=O) groups excluding carboxylic acids is 2. The summed E-state index contributed by atoms with van der Waals surface area (Å²) in [6.07, 6.45) is 5.68. The van der Waals surface area contributed by atoms with Gasteiger partial charge in [-0.2, -0.15) is 0 Å². The summed E-state index contributed by atoms with van der Waals surface area (Å²) >= 11 is 2.86. The number of thiophene rings is 1. The molecule has 3 atom stereocenters. The monoisotopic (exact) mass is 536 g/mol. The van der Waals surface area contributed by atoms with Crippen LogP contribution in [0, 0.1) is 5.92 Å². The van der Waals surface area contributed by atoms with Crippen LogP contribution in [0.1, 0.15) is 70.7 Å². The van der Waals surface area contributed by atoms with Crippen LogP contribution < -0.4 is 5.32 Å². The summed E-state index contributed by atoms with van der Waals surface area (Å²) in [5, 5.41) is 13.2. The van der Waals surface area contributed by atoms with E-state index in [1.807, 2.05) is 12.1 Å². The van der Waals surface area contributed by atoms with Gasteiger partial charge in [0, 0.05) is 17.3 Å². The molecular weight excluding hydrogens is 504 g/mol. The van der Waals surface area contributed by atoms with Crippen molar-refractivity contribution in [3.8, 4) is 0 Å². The lowest BCUT2D eigenvalue weighted by molar-refractivity contribution is -0.113. The van der Waals surface area contributed by atoms with Gasteiger partial charge in [0.05, 0.1) is 17.9 Å². The quantitative estimate of drug-likeness (QED) is 0.199. The third kappa shape index (κ3) is 5.52. The Kier molecular flexibility index (Phi) is 7.81. The normalized spacial score (nSPS) is 20.2. The SMILES string of the molecule is C=CCn1c(SCC(=O)Nc2sc3c(c2C(=O)OCC)CCC(C)C3)nnc1C1CC1c1ccccc1. The fourth-order valence-electron chi connectivity index (χ4n) is 5.08. The molecule has 2 heterocycles. The number of benzene rings is 1. The molecule has 0 bridgehead atoms. The zero-order valence-corrected chi connectivity index (χ0v) is 22.9. The predicted molar refractivity (Wildman–Crippen MR) is 148 cm³/mol. The smallest absolute Gasteiger partial charge is 0.341 e. The van der Waals surface area contributed by atoms with Gasteiger partial charge in [-0.25, -0.2) is 4.79 Å². The van der Waals surface area contributed by atoms with Crippen molar-refractivity contribution in [2.75, 3.05) is 17.7 Å². The summed E-state index contributed by atoms with van der Waals surface area (Å²) in [5.41, 5.74) is 2.89. The van der Waals surface area contributed by atoms with Crippen LogP contribution in [-0.4, -0.2) is 39.0 Å². The van der Waals surface area contributed by atoms with E-state index in [0.717, 1.165) is 37.1 Å². The van der Waals surface area contributed by atoms with Crippen LogP contribution in [-0.2, 0) is 28.9 Å². The number of nitrogens with zero attached hydrogens (tertiary/aromatic N) is 3. The molecule has 1 fully saturated rings. The molecule has 0 spiro atoms. The molecule has 37 heavy (non-hydrogen) atoms. The minimum Gasteiger partial charge on any atom is -0.462 e. The molecule has 0 aliphatic heterocycles. The number of amides is 1. The molecule has 194 valence electrons. The van der Waals surface area contributed by atoms with E-state index in [1.54, 1.807) is 6.92 Å². The molecule has 1 aromatic carbocycles. The average Bonchev–Trinajstić information content (AvgIpc) is 3.46. The van der Waals surface area contributed by atoms with Gasteiger partial charge < -0.3 is 14.6 Å². The van der Waals surface area contributed by atoms with Gasteiger partial charge in [0.25, 0.3) is 0 Å². The van der Waals surface area contributed by atoms with Crippen molar-refractivity contribution in [3.63, 3.8) is 0 Å². The summed E-state index contributed by atoms with van der Waals surface area (Å²) in [7, 11) is 0. The average molecular weight is 537 g/mol. The number of esters is 1. The van der Waals surface area contributed by atoms with E-state index in [0.29, 0.717) is 46.6 Å². The first-order chi connectivity index (χ1) is 18.0. The Bertz CT molecular complexity index is 1300. The second kappa shape index (κ2) is 11.2. The second-order valence-electron chi connectivity index (χ2n) is 9.71. The first-order valence-corrected chi connectivity index (χ1v) is 14.6. The van der Waals surface area contributed by atoms with Crippen molar-refractivity contribution in [1.29, 1.82) is 0 Å². The maximum Gasteiger partial charge on any atom is 0.341 e. The number of aromatic nitrogens is 3. The first-order valence-electron chi connectivity index (χ1n) is 12.8. The molecule has 9 heteroatoms.